The molecule has 2 amide bonds. The summed E-state index contributed by atoms with van der Waals surface area (Å²) in [5.74, 6) is 0.501. The van der Waals surface area contributed by atoms with Crippen LogP contribution in [0.5, 0.6) is 5.75 Å². The van der Waals surface area contributed by atoms with E-state index in [0.29, 0.717) is 32.9 Å². The van der Waals surface area contributed by atoms with E-state index in [1.807, 2.05) is 60.4 Å². The Balaban J connectivity index is 1.58. The van der Waals surface area contributed by atoms with E-state index >= 15 is 0 Å². The smallest absolute Gasteiger partial charge is 0.279 e. The van der Waals surface area contributed by atoms with Crippen molar-refractivity contribution in [3.63, 3.8) is 0 Å². The lowest BCUT2D eigenvalue weighted by Gasteiger charge is -2.37. The summed E-state index contributed by atoms with van der Waals surface area (Å²) in [5.41, 5.74) is 6.92. The van der Waals surface area contributed by atoms with Gasteiger partial charge in [0.2, 0.25) is 5.91 Å². The summed E-state index contributed by atoms with van der Waals surface area (Å²) in [7, 11) is 1.58. The first-order valence-corrected chi connectivity index (χ1v) is 14.0. The molecule has 10 heteroatoms. The van der Waals surface area contributed by atoms with E-state index in [1.54, 1.807) is 7.11 Å². The number of ether oxygens (including phenoxy) is 1. The Hall–Kier alpha value is -3.85. The van der Waals surface area contributed by atoms with Crippen LogP contribution in [0.25, 0.3) is 22.5 Å². The average Bonchev–Trinajstić information content (AvgIpc) is 3.48. The molecule has 0 fully saturated rings. The van der Waals surface area contributed by atoms with Crippen LogP contribution in [0.15, 0.2) is 48.5 Å². The number of aliphatic hydroxyl groups excluding tert-OH is 1. The molecule has 0 bridgehead atoms. The average molecular weight is 591 g/mol. The lowest BCUT2D eigenvalue weighted by molar-refractivity contribution is -0.123. The van der Waals surface area contributed by atoms with Crippen molar-refractivity contribution in [3.8, 4) is 28.3 Å². The summed E-state index contributed by atoms with van der Waals surface area (Å²) in [5, 5.41) is 12.9. The van der Waals surface area contributed by atoms with Crippen LogP contribution < -0.4 is 15.0 Å². The Morgan fingerprint density at radius 3 is 2.61 bits per heavy atom. The van der Waals surface area contributed by atoms with E-state index in [1.165, 1.54) is 0 Å². The van der Waals surface area contributed by atoms with Gasteiger partial charge in [-0.15, -0.1) is 0 Å². The number of halogens is 2. The zero-order valence-corrected chi connectivity index (χ0v) is 24.5. The largest absolute Gasteiger partial charge is 0.496 e. The van der Waals surface area contributed by atoms with Gasteiger partial charge in [0.25, 0.3) is 5.91 Å². The predicted octanol–water partition coefficient (Wildman–Crippen LogP) is 6.09. The maximum absolute atomic E-state index is 14.3. The van der Waals surface area contributed by atoms with Gasteiger partial charge in [-0.3, -0.25) is 14.5 Å². The number of imidazole rings is 1. The molecular formula is C31H28Cl2N4O4. The SMILES string of the molecule is COc1ccc(CNC(=O)CO)cc1-c1nc2c(n1C(C)C)C1c3ccc(Cl)cc3-c3c(Cl)ccc(C)c3N1C2=O. The number of benzene rings is 3. The molecule has 0 saturated heterocycles. The topological polar surface area (TPSA) is 96.7 Å². The van der Waals surface area contributed by atoms with Crippen LogP contribution in [-0.2, 0) is 11.3 Å². The quantitative estimate of drug-likeness (QED) is 0.283. The zero-order chi connectivity index (χ0) is 29.2. The monoisotopic (exact) mass is 590 g/mol. The second-order valence-corrected chi connectivity index (χ2v) is 11.3. The van der Waals surface area contributed by atoms with Crippen molar-refractivity contribution in [2.45, 2.75) is 39.4 Å². The van der Waals surface area contributed by atoms with E-state index in [9.17, 15) is 9.59 Å². The maximum atomic E-state index is 14.3. The van der Waals surface area contributed by atoms with Gasteiger partial charge < -0.3 is 19.7 Å². The second kappa shape index (κ2) is 10.2. The molecule has 0 spiro atoms. The zero-order valence-electron chi connectivity index (χ0n) is 23.0. The number of hydrogen-bond acceptors (Lipinski definition) is 5. The third-order valence-electron chi connectivity index (χ3n) is 7.69. The molecule has 6 rings (SSSR count). The molecule has 2 aliphatic rings. The third-order valence-corrected chi connectivity index (χ3v) is 8.24. The Bertz CT molecular complexity index is 1750. The highest BCUT2D eigenvalue weighted by Gasteiger charge is 2.49. The Kier molecular flexibility index (Phi) is 6.80. The lowest BCUT2D eigenvalue weighted by Crippen LogP contribution is -2.34. The van der Waals surface area contributed by atoms with Crippen LogP contribution in [0.1, 0.15) is 58.8 Å². The van der Waals surface area contributed by atoms with Crippen LogP contribution in [0, 0.1) is 6.92 Å². The van der Waals surface area contributed by atoms with Crippen LogP contribution in [0.2, 0.25) is 10.0 Å². The molecule has 8 nitrogen and oxygen atoms in total. The summed E-state index contributed by atoms with van der Waals surface area (Å²) in [6, 6.07) is 14.5. The fraction of sp³-hybridized carbons (Fsp3) is 0.258. The number of aromatic nitrogens is 2. The summed E-state index contributed by atoms with van der Waals surface area (Å²) in [4.78, 5) is 32.7. The molecule has 0 aliphatic carbocycles. The van der Waals surface area contributed by atoms with Gasteiger partial charge in [0.05, 0.1) is 29.1 Å². The van der Waals surface area contributed by atoms with Crippen molar-refractivity contribution in [1.29, 1.82) is 0 Å². The predicted molar refractivity (Wildman–Crippen MR) is 159 cm³/mol. The minimum absolute atomic E-state index is 0.0611. The highest BCUT2D eigenvalue weighted by molar-refractivity contribution is 6.35. The van der Waals surface area contributed by atoms with Gasteiger partial charge in [0.15, 0.2) is 5.69 Å². The van der Waals surface area contributed by atoms with Crippen molar-refractivity contribution in [2.75, 3.05) is 18.6 Å². The Morgan fingerprint density at radius 1 is 1.12 bits per heavy atom. The molecule has 4 aromatic rings. The summed E-state index contributed by atoms with van der Waals surface area (Å²) >= 11 is 13.2. The normalized spacial score (nSPS) is 15.0. The molecule has 41 heavy (non-hydrogen) atoms. The molecule has 1 aromatic heterocycles. The molecule has 2 aliphatic heterocycles. The van der Waals surface area contributed by atoms with Crippen LogP contribution >= 0.6 is 23.2 Å². The number of methoxy groups -OCH3 is 1. The number of nitrogens with zero attached hydrogens (tertiary/aromatic N) is 3. The van der Waals surface area contributed by atoms with Crippen molar-refractivity contribution < 1.29 is 19.4 Å². The van der Waals surface area contributed by atoms with Gasteiger partial charge >= 0.3 is 0 Å². The number of anilines is 1. The molecule has 3 heterocycles. The first kappa shape index (κ1) is 27.3. The number of nitrogens with one attached hydrogen (secondary N) is 1. The van der Waals surface area contributed by atoms with E-state index < -0.39 is 18.6 Å². The molecule has 3 aromatic carbocycles. The van der Waals surface area contributed by atoms with Gasteiger partial charge in [-0.25, -0.2) is 4.98 Å². The first-order valence-electron chi connectivity index (χ1n) is 13.3. The minimum atomic E-state index is -0.589. The molecule has 2 N–H and O–H groups in total. The lowest BCUT2D eigenvalue weighted by atomic mass is 9.86. The van der Waals surface area contributed by atoms with Crippen LogP contribution in [-0.4, -0.2) is 40.2 Å². The highest BCUT2D eigenvalue weighted by Crippen LogP contribution is 2.56. The van der Waals surface area contributed by atoms with Gasteiger partial charge in [-0.05, 0) is 73.4 Å². The highest BCUT2D eigenvalue weighted by atomic mass is 35.5. The number of carbonyl (C=O) groups is 2. The molecule has 0 saturated carbocycles. The number of hydrogen-bond donors (Lipinski definition) is 2. The second-order valence-electron chi connectivity index (χ2n) is 10.5. The fourth-order valence-corrected chi connectivity index (χ4v) is 6.39. The number of fused-ring (bicyclic) bond motifs is 8. The number of carbonyl (C=O) groups excluding carboxylic acids is 2. The van der Waals surface area contributed by atoms with Gasteiger partial charge in [0.1, 0.15) is 24.2 Å². The number of aryl methyl sites for hydroxylation is 1. The van der Waals surface area contributed by atoms with Crippen molar-refractivity contribution in [3.05, 3.63) is 86.7 Å². The molecule has 1 atom stereocenters. The first-order chi connectivity index (χ1) is 19.7. The van der Waals surface area contributed by atoms with Crippen molar-refractivity contribution >= 4 is 40.7 Å². The van der Waals surface area contributed by atoms with Crippen molar-refractivity contribution in [2.24, 2.45) is 0 Å². The van der Waals surface area contributed by atoms with E-state index in [0.717, 1.165) is 39.2 Å². The van der Waals surface area contributed by atoms with Crippen molar-refractivity contribution in [1.82, 2.24) is 14.9 Å². The summed E-state index contributed by atoms with van der Waals surface area (Å²) < 4.78 is 7.80. The van der Waals surface area contributed by atoms with E-state index in [-0.39, 0.29) is 18.5 Å². The fourth-order valence-electron chi connectivity index (χ4n) is 5.96. The number of amides is 2. The number of aliphatic hydroxyl groups is 1. The number of rotatable bonds is 6. The Morgan fingerprint density at radius 2 is 1.90 bits per heavy atom. The van der Waals surface area contributed by atoms with E-state index in [2.05, 4.69) is 23.7 Å². The Labute approximate surface area is 247 Å². The standard InChI is InChI=1S/C31H28Cl2N4O4/c1-15(2)36-29-26(35-30(36)21-11-17(6-10-23(21)41-4)13-34-24(39)14-38)31(40)37-27-16(3)5-9-22(33)25(27)20-12-18(32)7-8-19(20)28(29)37/h5-12,15,28,38H,13-14H2,1-4H3,(H,34,39). The minimum Gasteiger partial charge on any atom is -0.496 e. The van der Waals surface area contributed by atoms with Gasteiger partial charge in [-0.2, -0.15) is 0 Å². The molecule has 210 valence electrons. The van der Waals surface area contributed by atoms with Gasteiger partial charge in [-0.1, -0.05) is 41.4 Å². The third kappa shape index (κ3) is 4.20. The summed E-state index contributed by atoms with van der Waals surface area (Å²) in [6.45, 7) is 5.71. The molecule has 0 radical (unpaired) electrons. The van der Waals surface area contributed by atoms with Crippen LogP contribution in [0.3, 0.4) is 0 Å². The van der Waals surface area contributed by atoms with Crippen LogP contribution in [0.4, 0.5) is 5.69 Å². The van der Waals surface area contributed by atoms with E-state index in [4.69, 9.17) is 38.0 Å². The summed E-state index contributed by atoms with van der Waals surface area (Å²) in [6.07, 6.45) is 0. The molecule has 1 unspecified atom stereocenters. The maximum Gasteiger partial charge on any atom is 0.279 e. The molecular weight excluding hydrogens is 563 g/mol. The van der Waals surface area contributed by atoms with Gasteiger partial charge in [0, 0.05) is 23.2 Å².